The Morgan fingerprint density at radius 1 is 1.31 bits per heavy atom. The maximum atomic E-state index is 15.6. The van der Waals surface area contributed by atoms with E-state index in [9.17, 15) is 14.7 Å². The highest BCUT2D eigenvalue weighted by molar-refractivity contribution is 7.99. The van der Waals surface area contributed by atoms with Crippen LogP contribution in [0.25, 0.3) is 21.8 Å². The molecule has 5 N–H and O–H groups in total. The summed E-state index contributed by atoms with van der Waals surface area (Å²) >= 11 is 1.63. The Morgan fingerprint density at radius 2 is 2.08 bits per heavy atom. The summed E-state index contributed by atoms with van der Waals surface area (Å²) in [5.74, 6) is -1.31. The van der Waals surface area contributed by atoms with E-state index in [0.29, 0.717) is 17.8 Å². The summed E-state index contributed by atoms with van der Waals surface area (Å²) in [6.45, 7) is 0.699. The number of fused-ring (bicyclic) bond motifs is 2. The molecular formula is C26H25FN4O4S. The molecule has 8 nitrogen and oxygen atoms in total. The fraction of sp³-hybridized carbons (Fsp3) is 0.308. The number of benzene rings is 2. The number of nitrogens with zero attached hydrogens (tertiary/aromatic N) is 1. The molecule has 1 fully saturated rings. The van der Waals surface area contributed by atoms with Crippen molar-refractivity contribution >= 4 is 50.9 Å². The highest BCUT2D eigenvalue weighted by Gasteiger charge is 2.43. The molecule has 1 aliphatic carbocycles. The van der Waals surface area contributed by atoms with Crippen molar-refractivity contribution in [1.82, 2.24) is 9.55 Å². The lowest BCUT2D eigenvalue weighted by molar-refractivity contribution is 0.0692. The Hall–Kier alpha value is -3.66. The van der Waals surface area contributed by atoms with E-state index in [2.05, 4.69) is 10.3 Å². The normalized spacial score (nSPS) is 16.0. The van der Waals surface area contributed by atoms with Crippen molar-refractivity contribution in [3.63, 3.8) is 0 Å². The zero-order valence-electron chi connectivity index (χ0n) is 19.4. The van der Waals surface area contributed by atoms with E-state index in [4.69, 9.17) is 10.5 Å². The molecule has 2 aliphatic rings. The number of carboxylic acids is 1. The molecule has 1 saturated carbocycles. The average molecular weight is 509 g/mol. The van der Waals surface area contributed by atoms with Gasteiger partial charge in [-0.15, -0.1) is 11.8 Å². The summed E-state index contributed by atoms with van der Waals surface area (Å²) < 4.78 is 23.5. The highest BCUT2D eigenvalue weighted by atomic mass is 32.2. The molecule has 0 saturated heterocycles. The van der Waals surface area contributed by atoms with Crippen LogP contribution in [-0.4, -0.2) is 39.5 Å². The molecule has 0 radical (unpaired) electrons. The van der Waals surface area contributed by atoms with Gasteiger partial charge < -0.3 is 30.4 Å². The molecule has 1 aliphatic heterocycles. The summed E-state index contributed by atoms with van der Waals surface area (Å²) in [6.07, 6.45) is 6.83. The number of para-hydroxylation sites is 1. The molecule has 0 amide bonds. The van der Waals surface area contributed by atoms with Crippen molar-refractivity contribution in [3.05, 3.63) is 58.3 Å². The minimum absolute atomic E-state index is 0.101. The van der Waals surface area contributed by atoms with Gasteiger partial charge in [0.1, 0.15) is 17.9 Å². The molecule has 1 spiro atoms. The van der Waals surface area contributed by atoms with E-state index in [1.54, 1.807) is 11.8 Å². The van der Waals surface area contributed by atoms with Crippen LogP contribution >= 0.6 is 11.8 Å². The lowest BCUT2D eigenvalue weighted by Crippen LogP contribution is -2.42. The van der Waals surface area contributed by atoms with Gasteiger partial charge in [-0.2, -0.15) is 0 Å². The van der Waals surface area contributed by atoms with Gasteiger partial charge in [-0.05, 0) is 18.9 Å². The third-order valence-electron chi connectivity index (χ3n) is 7.35. The van der Waals surface area contributed by atoms with E-state index in [1.807, 2.05) is 35.0 Å². The Balaban J connectivity index is 1.39. The average Bonchev–Trinajstić information content (AvgIpc) is 3.51. The number of hydrogen-bond donors (Lipinski definition) is 4. The highest BCUT2D eigenvalue weighted by Crippen LogP contribution is 2.48. The summed E-state index contributed by atoms with van der Waals surface area (Å²) in [5.41, 5.74) is 5.62. The molecular weight excluding hydrogens is 483 g/mol. The second kappa shape index (κ2) is 8.48. The maximum Gasteiger partial charge on any atom is 0.341 e. The number of nitrogens with two attached hydrogens (primary N) is 1. The monoisotopic (exact) mass is 508 g/mol. The van der Waals surface area contributed by atoms with Crippen LogP contribution in [0.4, 0.5) is 15.8 Å². The Bertz CT molecular complexity index is 1590. The minimum atomic E-state index is -1.36. The van der Waals surface area contributed by atoms with Crippen LogP contribution in [0.2, 0.25) is 0 Å². The van der Waals surface area contributed by atoms with Crippen molar-refractivity contribution in [2.24, 2.45) is 0 Å². The number of hydrogen-bond acceptors (Lipinski definition) is 6. The van der Waals surface area contributed by atoms with Crippen LogP contribution in [0, 0.1) is 5.82 Å². The van der Waals surface area contributed by atoms with Gasteiger partial charge >= 0.3 is 5.97 Å². The van der Waals surface area contributed by atoms with Crippen LogP contribution in [0.15, 0.2) is 46.3 Å². The number of rotatable bonds is 6. The number of carbonyl (C=O) groups is 1. The second-order valence-electron chi connectivity index (χ2n) is 9.40. The molecule has 186 valence electrons. The van der Waals surface area contributed by atoms with Crippen LogP contribution in [0.1, 0.15) is 36.0 Å². The predicted molar refractivity (Wildman–Crippen MR) is 139 cm³/mol. The van der Waals surface area contributed by atoms with Crippen molar-refractivity contribution in [3.8, 4) is 5.75 Å². The standard InChI is InChI=1S/C26H25FN4O4S/c27-19-20(28)18-22-24(21(19)29-9-10-36-17-11-30-16-6-2-1-5-14(16)17)35-13-26(7-3-4-8-26)31(22)12-15(23(18)32)25(33)34/h1-2,5-6,11-12,29-30H,3-4,7-10,13,28H2,(H,33,34). The first-order valence-corrected chi connectivity index (χ1v) is 12.9. The van der Waals surface area contributed by atoms with Gasteiger partial charge in [-0.25, -0.2) is 9.18 Å². The third-order valence-corrected chi connectivity index (χ3v) is 8.41. The molecule has 36 heavy (non-hydrogen) atoms. The van der Waals surface area contributed by atoms with Crippen molar-refractivity contribution < 1.29 is 19.0 Å². The van der Waals surface area contributed by atoms with E-state index < -0.39 is 28.3 Å². The van der Waals surface area contributed by atoms with Gasteiger partial charge in [0.2, 0.25) is 5.43 Å². The lowest BCUT2D eigenvalue weighted by atomic mass is 9.93. The van der Waals surface area contributed by atoms with E-state index in [-0.39, 0.29) is 29.1 Å². The number of aromatic carboxylic acids is 1. The van der Waals surface area contributed by atoms with Gasteiger partial charge in [-0.1, -0.05) is 31.0 Å². The molecule has 2 aromatic carbocycles. The number of nitrogen functional groups attached to an aromatic ring is 1. The van der Waals surface area contributed by atoms with Crippen LogP contribution in [0.5, 0.6) is 5.75 Å². The molecule has 10 heteroatoms. The van der Waals surface area contributed by atoms with Gasteiger partial charge in [0.25, 0.3) is 0 Å². The van der Waals surface area contributed by atoms with Crippen molar-refractivity contribution in [1.29, 1.82) is 0 Å². The number of carboxylic acid groups (broad SMARTS) is 1. The van der Waals surface area contributed by atoms with Crippen molar-refractivity contribution in [2.75, 3.05) is 30.0 Å². The Morgan fingerprint density at radius 3 is 2.86 bits per heavy atom. The first kappa shape index (κ1) is 22.8. The number of thioether (sulfide) groups is 1. The fourth-order valence-corrected chi connectivity index (χ4v) is 6.47. The van der Waals surface area contributed by atoms with E-state index in [0.717, 1.165) is 41.5 Å². The Kier molecular flexibility index (Phi) is 5.36. The number of aromatic nitrogens is 2. The molecule has 0 bridgehead atoms. The van der Waals surface area contributed by atoms with E-state index in [1.165, 1.54) is 6.20 Å². The maximum absolute atomic E-state index is 15.6. The largest absolute Gasteiger partial charge is 0.487 e. The van der Waals surface area contributed by atoms with Gasteiger partial charge in [0.15, 0.2) is 11.6 Å². The van der Waals surface area contributed by atoms with Gasteiger partial charge in [0, 0.05) is 40.5 Å². The Labute approximate surface area is 209 Å². The fourth-order valence-electron chi connectivity index (χ4n) is 5.57. The number of aromatic amines is 1. The number of ether oxygens (including phenoxy) is 1. The zero-order valence-corrected chi connectivity index (χ0v) is 20.2. The van der Waals surface area contributed by atoms with Gasteiger partial charge in [0.05, 0.1) is 22.1 Å². The summed E-state index contributed by atoms with van der Waals surface area (Å²) in [4.78, 5) is 29.3. The van der Waals surface area contributed by atoms with Crippen LogP contribution in [0.3, 0.4) is 0 Å². The quantitative estimate of drug-likeness (QED) is 0.168. The molecule has 6 rings (SSSR count). The number of pyridine rings is 1. The topological polar surface area (TPSA) is 122 Å². The summed E-state index contributed by atoms with van der Waals surface area (Å²) in [7, 11) is 0. The molecule has 0 unspecified atom stereocenters. The number of halogens is 1. The first-order chi connectivity index (χ1) is 17.4. The molecule has 0 atom stereocenters. The smallest absolute Gasteiger partial charge is 0.341 e. The number of nitrogens with one attached hydrogen (secondary N) is 2. The van der Waals surface area contributed by atoms with Gasteiger partial charge in [-0.3, -0.25) is 4.79 Å². The summed E-state index contributed by atoms with van der Waals surface area (Å²) in [6, 6.07) is 8.02. The molecule has 4 aromatic rings. The van der Waals surface area contributed by atoms with E-state index >= 15 is 4.39 Å². The minimum Gasteiger partial charge on any atom is -0.487 e. The number of H-pyrrole nitrogens is 1. The molecule has 2 aromatic heterocycles. The first-order valence-electron chi connectivity index (χ1n) is 11.9. The number of anilines is 2. The second-order valence-corrected chi connectivity index (χ2v) is 10.5. The predicted octanol–water partition coefficient (Wildman–Crippen LogP) is 4.77. The van der Waals surface area contributed by atoms with Crippen LogP contribution in [-0.2, 0) is 5.54 Å². The van der Waals surface area contributed by atoms with Crippen molar-refractivity contribution in [2.45, 2.75) is 36.1 Å². The SMILES string of the molecule is Nc1c(F)c(NCCSc2c[nH]c3ccccc23)c2c3c1c(=O)c(C(=O)O)cn3C1(CCCC1)CO2. The van der Waals surface area contributed by atoms with Crippen LogP contribution < -0.4 is 21.2 Å². The molecule has 3 heterocycles. The third kappa shape index (κ3) is 3.35. The zero-order chi connectivity index (χ0) is 25.0. The lowest BCUT2D eigenvalue weighted by Gasteiger charge is -2.39. The summed E-state index contributed by atoms with van der Waals surface area (Å²) in [5, 5.41) is 13.8.